The van der Waals surface area contributed by atoms with Gasteiger partial charge in [0.05, 0.1) is 6.10 Å². The topological polar surface area (TPSA) is 40.5 Å². The second-order valence-electron chi connectivity index (χ2n) is 2.42. The summed E-state index contributed by atoms with van der Waals surface area (Å²) in [6.07, 6.45) is 4.33. The number of aliphatic hydroxyl groups excluding tert-OH is 2. The lowest BCUT2D eigenvalue weighted by atomic mass is 9.95. The summed E-state index contributed by atoms with van der Waals surface area (Å²) >= 11 is 0. The molecule has 0 spiro atoms. The van der Waals surface area contributed by atoms with Gasteiger partial charge in [0.25, 0.3) is 0 Å². The lowest BCUT2D eigenvalue weighted by molar-refractivity contribution is 0.0487. The molecule has 2 nitrogen and oxygen atoms in total. The van der Waals surface area contributed by atoms with Gasteiger partial charge in [-0.05, 0) is 13.3 Å². The Bertz CT molecular complexity index is 124. The first-order valence-corrected chi connectivity index (χ1v) is 3.45. The van der Waals surface area contributed by atoms with E-state index in [4.69, 9.17) is 16.6 Å². The Morgan fingerprint density at radius 1 is 1.50 bits per heavy atom. The van der Waals surface area contributed by atoms with Gasteiger partial charge >= 0.3 is 0 Å². The lowest BCUT2D eigenvalue weighted by Crippen LogP contribution is -2.27. The molecule has 0 aliphatic carbocycles. The molecule has 0 heterocycles. The Kier molecular flexibility index (Phi) is 4.10. The van der Waals surface area contributed by atoms with Crippen LogP contribution in [-0.4, -0.2) is 22.4 Å². The molecule has 2 N–H and O–H groups in total. The molecular weight excluding hydrogens is 128 g/mol. The van der Waals surface area contributed by atoms with Crippen molar-refractivity contribution < 1.29 is 10.2 Å². The highest BCUT2D eigenvalue weighted by molar-refractivity contribution is 4.97. The predicted octanol–water partition coefficient (Wildman–Crippen LogP) is 0.388. The van der Waals surface area contributed by atoms with Gasteiger partial charge in [-0.15, -0.1) is 6.42 Å². The van der Waals surface area contributed by atoms with Crippen LogP contribution in [0.3, 0.4) is 0 Å². The van der Waals surface area contributed by atoms with Crippen molar-refractivity contribution >= 4 is 0 Å². The first-order valence-electron chi connectivity index (χ1n) is 3.45. The number of hydrogen-bond donors (Lipinski definition) is 2. The first-order chi connectivity index (χ1) is 4.63. The first kappa shape index (κ1) is 9.48. The Morgan fingerprint density at radius 2 is 2.00 bits per heavy atom. The van der Waals surface area contributed by atoms with Gasteiger partial charge < -0.3 is 10.2 Å². The van der Waals surface area contributed by atoms with Crippen molar-refractivity contribution in [3.05, 3.63) is 0 Å². The zero-order chi connectivity index (χ0) is 8.15. The number of hydrogen-bond acceptors (Lipinski definition) is 2. The van der Waals surface area contributed by atoms with Crippen LogP contribution in [0.25, 0.3) is 0 Å². The second-order valence-corrected chi connectivity index (χ2v) is 2.42. The summed E-state index contributed by atoms with van der Waals surface area (Å²) in [4.78, 5) is 0. The van der Waals surface area contributed by atoms with E-state index in [-0.39, 0.29) is 5.92 Å². The van der Waals surface area contributed by atoms with Crippen LogP contribution in [0, 0.1) is 18.3 Å². The van der Waals surface area contributed by atoms with Gasteiger partial charge in [0.15, 0.2) is 0 Å². The zero-order valence-electron chi connectivity index (χ0n) is 6.41. The van der Waals surface area contributed by atoms with E-state index < -0.39 is 12.2 Å². The van der Waals surface area contributed by atoms with Crippen molar-refractivity contribution in [3.8, 4) is 12.3 Å². The van der Waals surface area contributed by atoms with Gasteiger partial charge in [-0.2, -0.15) is 0 Å². The van der Waals surface area contributed by atoms with E-state index in [1.54, 1.807) is 6.92 Å². The van der Waals surface area contributed by atoms with E-state index in [1.165, 1.54) is 0 Å². The molecule has 10 heavy (non-hydrogen) atoms. The summed E-state index contributed by atoms with van der Waals surface area (Å²) in [5.74, 6) is 2.00. The standard InChI is InChI=1S/C8H14O2/c1-4-7(6(3)9)8(10)5-2/h2,6-10H,4H2,1,3H3. The van der Waals surface area contributed by atoms with Crippen molar-refractivity contribution in [1.82, 2.24) is 0 Å². The molecule has 0 aromatic carbocycles. The average molecular weight is 142 g/mol. The van der Waals surface area contributed by atoms with E-state index in [0.29, 0.717) is 6.42 Å². The van der Waals surface area contributed by atoms with Crippen LogP contribution in [0.1, 0.15) is 20.3 Å². The number of rotatable bonds is 3. The molecule has 2 heteroatoms. The fourth-order valence-electron chi connectivity index (χ4n) is 0.952. The Balaban J connectivity index is 3.96. The molecule has 0 bridgehead atoms. The molecule has 0 aromatic rings. The molecule has 3 unspecified atom stereocenters. The molecule has 0 saturated carbocycles. The highest BCUT2D eigenvalue weighted by Crippen LogP contribution is 2.12. The summed E-state index contributed by atoms with van der Waals surface area (Å²) in [5.41, 5.74) is 0. The van der Waals surface area contributed by atoms with Crippen LogP contribution >= 0.6 is 0 Å². The summed E-state index contributed by atoms with van der Waals surface area (Å²) in [6, 6.07) is 0. The molecule has 0 fully saturated rings. The Labute approximate surface area is 61.9 Å². The summed E-state index contributed by atoms with van der Waals surface area (Å²) < 4.78 is 0. The van der Waals surface area contributed by atoms with Gasteiger partial charge in [0.2, 0.25) is 0 Å². The normalized spacial score (nSPS) is 19.1. The van der Waals surface area contributed by atoms with E-state index in [0.717, 1.165) is 0 Å². The predicted molar refractivity (Wildman–Crippen MR) is 40.3 cm³/mol. The molecule has 0 radical (unpaired) electrons. The minimum Gasteiger partial charge on any atom is -0.393 e. The van der Waals surface area contributed by atoms with Crippen LogP contribution < -0.4 is 0 Å². The number of aliphatic hydroxyl groups is 2. The van der Waals surface area contributed by atoms with E-state index in [9.17, 15) is 0 Å². The van der Waals surface area contributed by atoms with Crippen LogP contribution in [0.2, 0.25) is 0 Å². The Morgan fingerprint density at radius 3 is 2.10 bits per heavy atom. The van der Waals surface area contributed by atoms with Gasteiger partial charge in [0.1, 0.15) is 6.10 Å². The smallest absolute Gasteiger partial charge is 0.119 e. The highest BCUT2D eigenvalue weighted by atomic mass is 16.3. The van der Waals surface area contributed by atoms with Crippen LogP contribution in [0.5, 0.6) is 0 Å². The van der Waals surface area contributed by atoms with Crippen molar-refractivity contribution in [2.24, 2.45) is 5.92 Å². The van der Waals surface area contributed by atoms with E-state index >= 15 is 0 Å². The fourth-order valence-corrected chi connectivity index (χ4v) is 0.952. The molecule has 3 atom stereocenters. The third-order valence-corrected chi connectivity index (χ3v) is 1.67. The monoisotopic (exact) mass is 142 g/mol. The highest BCUT2D eigenvalue weighted by Gasteiger charge is 2.19. The lowest BCUT2D eigenvalue weighted by Gasteiger charge is -2.19. The maximum absolute atomic E-state index is 9.09. The molecule has 0 aliphatic heterocycles. The molecule has 0 aliphatic rings. The molecular formula is C8H14O2. The van der Waals surface area contributed by atoms with Crippen LogP contribution in [0.15, 0.2) is 0 Å². The number of terminal acetylenes is 1. The van der Waals surface area contributed by atoms with Crippen molar-refractivity contribution in [1.29, 1.82) is 0 Å². The largest absolute Gasteiger partial charge is 0.393 e. The third-order valence-electron chi connectivity index (χ3n) is 1.67. The SMILES string of the molecule is C#CC(O)C(CC)C(C)O. The van der Waals surface area contributed by atoms with E-state index in [1.807, 2.05) is 6.92 Å². The van der Waals surface area contributed by atoms with Crippen LogP contribution in [-0.2, 0) is 0 Å². The van der Waals surface area contributed by atoms with E-state index in [2.05, 4.69) is 5.92 Å². The maximum atomic E-state index is 9.09. The second kappa shape index (κ2) is 4.32. The molecule has 0 rings (SSSR count). The molecule has 0 saturated heterocycles. The van der Waals surface area contributed by atoms with Crippen molar-refractivity contribution in [3.63, 3.8) is 0 Å². The van der Waals surface area contributed by atoms with Crippen LogP contribution in [0.4, 0.5) is 0 Å². The third kappa shape index (κ3) is 2.38. The summed E-state index contributed by atoms with van der Waals surface area (Å²) in [7, 11) is 0. The quantitative estimate of drug-likeness (QED) is 0.559. The fraction of sp³-hybridized carbons (Fsp3) is 0.750. The average Bonchev–Trinajstić information content (AvgIpc) is 1.88. The minimum atomic E-state index is -0.815. The maximum Gasteiger partial charge on any atom is 0.119 e. The van der Waals surface area contributed by atoms with Crippen molar-refractivity contribution in [2.45, 2.75) is 32.5 Å². The summed E-state index contributed by atoms with van der Waals surface area (Å²) in [5, 5.41) is 18.2. The van der Waals surface area contributed by atoms with Gasteiger partial charge in [-0.1, -0.05) is 12.8 Å². The van der Waals surface area contributed by atoms with Gasteiger partial charge in [-0.3, -0.25) is 0 Å². The molecule has 0 aromatic heterocycles. The Hall–Kier alpha value is -0.520. The van der Waals surface area contributed by atoms with Gasteiger partial charge in [-0.25, -0.2) is 0 Å². The van der Waals surface area contributed by atoms with Gasteiger partial charge in [0, 0.05) is 5.92 Å². The zero-order valence-corrected chi connectivity index (χ0v) is 6.41. The molecule has 0 amide bonds. The summed E-state index contributed by atoms with van der Waals surface area (Å²) in [6.45, 7) is 3.52. The van der Waals surface area contributed by atoms with Crippen molar-refractivity contribution in [2.75, 3.05) is 0 Å². The molecule has 58 valence electrons. The minimum absolute atomic E-state index is 0.190.